The minimum Gasteiger partial charge on any atom is -0.308 e. The third-order valence-electron chi connectivity index (χ3n) is 2.47. The van der Waals surface area contributed by atoms with Crippen LogP contribution in [0.5, 0.6) is 0 Å². The summed E-state index contributed by atoms with van der Waals surface area (Å²) >= 11 is 0. The summed E-state index contributed by atoms with van der Waals surface area (Å²) in [5, 5.41) is 6.92. The molecule has 3 nitrogen and oxygen atoms in total. The molecule has 0 amide bonds. The first-order valence-electron chi connectivity index (χ1n) is 5.26. The van der Waals surface area contributed by atoms with Crippen LogP contribution in [-0.2, 0) is 12.5 Å². The quantitative estimate of drug-likeness (QED) is 0.864. The average molecular weight is 231 g/mol. The van der Waals surface area contributed by atoms with Crippen LogP contribution in [0.25, 0.3) is 0 Å². The van der Waals surface area contributed by atoms with E-state index in [0.717, 1.165) is 5.69 Å². The SMILES string of the molecule is CNC(c1cn(C)nc1C(C)(C)C)C(F)F. The Morgan fingerprint density at radius 2 is 1.94 bits per heavy atom. The Kier molecular flexibility index (Phi) is 3.68. The molecule has 1 rings (SSSR count). The average Bonchev–Trinajstić information content (AvgIpc) is 2.47. The topological polar surface area (TPSA) is 29.9 Å². The van der Waals surface area contributed by atoms with Crippen molar-refractivity contribution in [3.8, 4) is 0 Å². The van der Waals surface area contributed by atoms with Gasteiger partial charge in [-0.3, -0.25) is 4.68 Å². The van der Waals surface area contributed by atoms with Crippen LogP contribution in [-0.4, -0.2) is 23.3 Å². The van der Waals surface area contributed by atoms with Crippen molar-refractivity contribution in [2.45, 2.75) is 38.7 Å². The third-order valence-corrected chi connectivity index (χ3v) is 2.47. The summed E-state index contributed by atoms with van der Waals surface area (Å²) in [7, 11) is 3.28. The lowest BCUT2D eigenvalue weighted by atomic mass is 9.87. The maximum atomic E-state index is 12.9. The fourth-order valence-corrected chi connectivity index (χ4v) is 1.73. The largest absolute Gasteiger partial charge is 0.308 e. The highest BCUT2D eigenvalue weighted by atomic mass is 19.3. The molecular weight excluding hydrogens is 212 g/mol. The fraction of sp³-hybridized carbons (Fsp3) is 0.727. The summed E-state index contributed by atoms with van der Waals surface area (Å²) in [6, 6.07) is -0.956. The second-order valence-electron chi connectivity index (χ2n) is 4.96. The van der Waals surface area contributed by atoms with Crippen molar-refractivity contribution >= 4 is 0 Å². The van der Waals surface area contributed by atoms with Gasteiger partial charge in [0, 0.05) is 24.2 Å². The van der Waals surface area contributed by atoms with E-state index in [0.29, 0.717) is 5.56 Å². The second kappa shape index (κ2) is 4.49. The molecule has 0 aromatic carbocycles. The Balaban J connectivity index is 3.21. The van der Waals surface area contributed by atoms with E-state index < -0.39 is 12.5 Å². The van der Waals surface area contributed by atoms with E-state index in [1.807, 2.05) is 20.8 Å². The molecule has 0 spiro atoms. The summed E-state index contributed by atoms with van der Waals surface area (Å²) < 4.78 is 27.3. The van der Waals surface area contributed by atoms with Crippen molar-refractivity contribution in [3.05, 3.63) is 17.5 Å². The van der Waals surface area contributed by atoms with E-state index in [9.17, 15) is 8.78 Å². The van der Waals surface area contributed by atoms with E-state index in [2.05, 4.69) is 10.4 Å². The summed E-state index contributed by atoms with van der Waals surface area (Å²) in [4.78, 5) is 0. The number of aromatic nitrogens is 2. The number of aryl methyl sites for hydroxylation is 1. The molecule has 0 radical (unpaired) electrons. The van der Waals surface area contributed by atoms with Crippen LogP contribution in [0.4, 0.5) is 8.78 Å². The van der Waals surface area contributed by atoms with Crippen LogP contribution in [0.3, 0.4) is 0 Å². The van der Waals surface area contributed by atoms with E-state index >= 15 is 0 Å². The van der Waals surface area contributed by atoms with Gasteiger partial charge in [-0.2, -0.15) is 5.10 Å². The molecule has 5 heteroatoms. The molecular formula is C11H19F2N3. The summed E-state index contributed by atoms with van der Waals surface area (Å²) in [5.41, 5.74) is 1.06. The molecule has 1 aromatic heterocycles. The minimum atomic E-state index is -2.43. The molecule has 16 heavy (non-hydrogen) atoms. The molecule has 0 fully saturated rings. The van der Waals surface area contributed by atoms with Crippen LogP contribution >= 0.6 is 0 Å². The minimum absolute atomic E-state index is 0.236. The lowest BCUT2D eigenvalue weighted by Crippen LogP contribution is -2.26. The predicted molar refractivity (Wildman–Crippen MR) is 59.7 cm³/mol. The Hall–Kier alpha value is -0.970. The van der Waals surface area contributed by atoms with E-state index in [1.165, 1.54) is 7.05 Å². The first-order valence-corrected chi connectivity index (χ1v) is 5.26. The summed E-state index contributed by atoms with van der Waals surface area (Å²) in [6.45, 7) is 5.91. The van der Waals surface area contributed by atoms with Crippen LogP contribution in [0, 0.1) is 0 Å². The van der Waals surface area contributed by atoms with Crippen molar-refractivity contribution in [1.29, 1.82) is 0 Å². The van der Waals surface area contributed by atoms with Gasteiger partial charge in [0.1, 0.15) is 0 Å². The maximum absolute atomic E-state index is 12.9. The van der Waals surface area contributed by atoms with Crippen molar-refractivity contribution < 1.29 is 8.78 Å². The molecule has 1 aromatic rings. The van der Waals surface area contributed by atoms with Crippen LogP contribution in [0.2, 0.25) is 0 Å². The zero-order valence-electron chi connectivity index (χ0n) is 10.4. The highest BCUT2D eigenvalue weighted by molar-refractivity contribution is 5.27. The first kappa shape index (κ1) is 13.1. The highest BCUT2D eigenvalue weighted by Gasteiger charge is 2.30. The Morgan fingerprint density at radius 3 is 2.31 bits per heavy atom. The number of hydrogen-bond acceptors (Lipinski definition) is 2. The molecule has 0 aliphatic rings. The lowest BCUT2D eigenvalue weighted by molar-refractivity contribution is 0.101. The summed E-state index contributed by atoms with van der Waals surface area (Å²) in [5.74, 6) is 0. The fourth-order valence-electron chi connectivity index (χ4n) is 1.73. The van der Waals surface area contributed by atoms with Crippen LogP contribution < -0.4 is 5.32 Å². The standard InChI is InChI=1S/C11H19F2N3/c1-11(2,3)9-7(6-16(5)15-9)8(14-4)10(12)13/h6,8,10,14H,1-5H3. The van der Waals surface area contributed by atoms with Gasteiger partial charge in [0.25, 0.3) is 6.43 Å². The number of rotatable bonds is 3. The first-order chi connectivity index (χ1) is 7.27. The Morgan fingerprint density at radius 1 is 1.38 bits per heavy atom. The second-order valence-corrected chi connectivity index (χ2v) is 4.96. The van der Waals surface area contributed by atoms with Crippen LogP contribution in [0.1, 0.15) is 38.1 Å². The molecule has 92 valence electrons. The van der Waals surface area contributed by atoms with Gasteiger partial charge >= 0.3 is 0 Å². The number of nitrogens with zero attached hydrogens (tertiary/aromatic N) is 2. The molecule has 1 unspecified atom stereocenters. The maximum Gasteiger partial charge on any atom is 0.257 e. The van der Waals surface area contributed by atoms with Crippen LogP contribution in [0.15, 0.2) is 6.20 Å². The van der Waals surface area contributed by atoms with Crippen molar-refractivity contribution in [2.24, 2.45) is 7.05 Å². The molecule has 1 atom stereocenters. The predicted octanol–water partition coefficient (Wildman–Crippen LogP) is 2.24. The van der Waals surface area contributed by atoms with Crippen molar-refractivity contribution in [3.63, 3.8) is 0 Å². The lowest BCUT2D eigenvalue weighted by Gasteiger charge is -2.21. The molecule has 1 heterocycles. The zero-order valence-corrected chi connectivity index (χ0v) is 10.4. The Labute approximate surface area is 94.8 Å². The van der Waals surface area contributed by atoms with Gasteiger partial charge in [-0.15, -0.1) is 0 Å². The molecule has 0 saturated carbocycles. The van der Waals surface area contributed by atoms with Crippen molar-refractivity contribution in [1.82, 2.24) is 15.1 Å². The van der Waals surface area contributed by atoms with E-state index in [-0.39, 0.29) is 5.41 Å². The monoisotopic (exact) mass is 231 g/mol. The molecule has 0 aliphatic heterocycles. The molecule has 0 aliphatic carbocycles. The van der Waals surface area contributed by atoms with Gasteiger partial charge in [0.2, 0.25) is 0 Å². The van der Waals surface area contributed by atoms with E-state index in [4.69, 9.17) is 0 Å². The van der Waals surface area contributed by atoms with Gasteiger partial charge < -0.3 is 5.32 Å². The van der Waals surface area contributed by atoms with Gasteiger partial charge in [-0.1, -0.05) is 20.8 Å². The molecule has 0 saturated heterocycles. The van der Waals surface area contributed by atoms with E-state index in [1.54, 1.807) is 17.9 Å². The zero-order chi connectivity index (χ0) is 12.5. The molecule has 0 bridgehead atoms. The molecule has 1 N–H and O–H groups in total. The van der Waals surface area contributed by atoms with Gasteiger partial charge in [0.05, 0.1) is 11.7 Å². The van der Waals surface area contributed by atoms with Gasteiger partial charge in [-0.05, 0) is 7.05 Å². The Bertz CT molecular complexity index is 353. The summed E-state index contributed by atoms with van der Waals surface area (Å²) in [6.07, 6.45) is -0.774. The number of halogens is 2. The van der Waals surface area contributed by atoms with Crippen molar-refractivity contribution in [2.75, 3.05) is 7.05 Å². The highest BCUT2D eigenvalue weighted by Crippen LogP contribution is 2.30. The van der Waals surface area contributed by atoms with Gasteiger partial charge in [0.15, 0.2) is 0 Å². The number of alkyl halides is 2. The third kappa shape index (κ3) is 2.58. The number of nitrogens with one attached hydrogen (secondary N) is 1. The van der Waals surface area contributed by atoms with Gasteiger partial charge in [-0.25, -0.2) is 8.78 Å². The number of hydrogen-bond donors (Lipinski definition) is 1. The smallest absolute Gasteiger partial charge is 0.257 e. The normalized spacial score (nSPS) is 14.5.